The van der Waals surface area contributed by atoms with Gasteiger partial charge in [-0.3, -0.25) is 0 Å². The Bertz CT molecular complexity index is 368. The number of likely N-dealkylation sites (N-methyl/N-ethyl adjacent to an activating group) is 1. The smallest absolute Gasteiger partial charge is 0.136 e. The number of nitriles is 1. The minimum atomic E-state index is 0.396. The van der Waals surface area contributed by atoms with E-state index in [1.54, 1.807) is 7.11 Å². The Balaban J connectivity index is 2.98. The van der Waals surface area contributed by atoms with Gasteiger partial charge >= 0.3 is 0 Å². The molecule has 1 N–H and O–H groups in total. The van der Waals surface area contributed by atoms with Gasteiger partial charge in [-0.15, -0.1) is 0 Å². The highest BCUT2D eigenvalue weighted by Crippen LogP contribution is 2.23. The van der Waals surface area contributed by atoms with Gasteiger partial charge in [0.25, 0.3) is 0 Å². The predicted molar refractivity (Wildman–Crippen MR) is 60.1 cm³/mol. The summed E-state index contributed by atoms with van der Waals surface area (Å²) >= 11 is 0. The SMILES string of the molecule is CNCC(C)c1ccc(OC)c(C#N)c1. The van der Waals surface area contributed by atoms with Crippen LogP contribution in [0.1, 0.15) is 24.0 Å². The van der Waals surface area contributed by atoms with Crippen LogP contribution in [0.2, 0.25) is 0 Å². The Morgan fingerprint density at radius 1 is 1.53 bits per heavy atom. The molecule has 0 fully saturated rings. The second-order valence-corrected chi connectivity index (χ2v) is 3.53. The molecule has 1 aromatic carbocycles. The van der Waals surface area contributed by atoms with E-state index in [9.17, 15) is 0 Å². The molecule has 0 bridgehead atoms. The summed E-state index contributed by atoms with van der Waals surface area (Å²) in [4.78, 5) is 0. The number of methoxy groups -OCH3 is 1. The molecule has 1 aromatic rings. The lowest BCUT2D eigenvalue weighted by Gasteiger charge is -2.12. The molecule has 3 heteroatoms. The first kappa shape index (κ1) is 11.5. The number of benzene rings is 1. The van der Waals surface area contributed by atoms with Gasteiger partial charge in [-0.2, -0.15) is 5.26 Å². The number of nitrogens with one attached hydrogen (secondary N) is 1. The maximum absolute atomic E-state index is 8.94. The van der Waals surface area contributed by atoms with Gasteiger partial charge in [-0.05, 0) is 30.7 Å². The van der Waals surface area contributed by atoms with Crippen molar-refractivity contribution in [2.24, 2.45) is 0 Å². The van der Waals surface area contributed by atoms with Crippen molar-refractivity contribution in [3.8, 4) is 11.8 Å². The summed E-state index contributed by atoms with van der Waals surface area (Å²) in [6.45, 7) is 3.02. The second-order valence-electron chi connectivity index (χ2n) is 3.53. The first-order valence-electron chi connectivity index (χ1n) is 4.95. The van der Waals surface area contributed by atoms with Crippen molar-refractivity contribution < 1.29 is 4.74 Å². The molecule has 0 aliphatic rings. The average molecular weight is 204 g/mol. The molecule has 0 aliphatic carbocycles. The van der Waals surface area contributed by atoms with Crippen LogP contribution in [0.4, 0.5) is 0 Å². The van der Waals surface area contributed by atoms with Gasteiger partial charge in [0.1, 0.15) is 11.8 Å². The molecule has 3 nitrogen and oxygen atoms in total. The van der Waals surface area contributed by atoms with Crippen molar-refractivity contribution in [1.82, 2.24) is 5.32 Å². The molecule has 1 unspecified atom stereocenters. The second kappa shape index (κ2) is 5.38. The van der Waals surface area contributed by atoms with Crippen LogP contribution in [0.25, 0.3) is 0 Å². The average Bonchev–Trinajstić information content (AvgIpc) is 2.28. The van der Waals surface area contributed by atoms with E-state index in [2.05, 4.69) is 18.3 Å². The zero-order chi connectivity index (χ0) is 11.3. The molecule has 0 heterocycles. The maximum atomic E-state index is 8.94. The molecule has 0 saturated heterocycles. The number of nitrogens with zero attached hydrogens (tertiary/aromatic N) is 1. The van der Waals surface area contributed by atoms with Gasteiger partial charge in [0.05, 0.1) is 12.7 Å². The fraction of sp³-hybridized carbons (Fsp3) is 0.417. The van der Waals surface area contributed by atoms with E-state index in [1.165, 1.54) is 0 Å². The quantitative estimate of drug-likeness (QED) is 0.814. The Morgan fingerprint density at radius 3 is 2.80 bits per heavy atom. The lowest BCUT2D eigenvalue weighted by atomic mass is 9.99. The topological polar surface area (TPSA) is 45.0 Å². The third kappa shape index (κ3) is 2.71. The van der Waals surface area contributed by atoms with Gasteiger partial charge in [0.2, 0.25) is 0 Å². The van der Waals surface area contributed by atoms with Crippen LogP contribution in [0.15, 0.2) is 18.2 Å². The highest BCUT2D eigenvalue weighted by molar-refractivity contribution is 5.46. The molecule has 80 valence electrons. The summed E-state index contributed by atoms with van der Waals surface area (Å²) in [7, 11) is 3.50. The summed E-state index contributed by atoms with van der Waals surface area (Å²) < 4.78 is 5.09. The molecule has 0 aliphatic heterocycles. The number of rotatable bonds is 4. The third-order valence-electron chi connectivity index (χ3n) is 2.42. The predicted octanol–water partition coefficient (Wildman–Crippen LogP) is 1.89. The highest BCUT2D eigenvalue weighted by atomic mass is 16.5. The Labute approximate surface area is 90.7 Å². The van der Waals surface area contributed by atoms with Crippen molar-refractivity contribution >= 4 is 0 Å². The van der Waals surface area contributed by atoms with Gasteiger partial charge in [0.15, 0.2) is 0 Å². The maximum Gasteiger partial charge on any atom is 0.136 e. The van der Waals surface area contributed by atoms with Crippen LogP contribution in [0.5, 0.6) is 5.75 Å². The minimum absolute atomic E-state index is 0.396. The van der Waals surface area contributed by atoms with Gasteiger partial charge in [-0.25, -0.2) is 0 Å². The van der Waals surface area contributed by atoms with Crippen molar-refractivity contribution in [3.05, 3.63) is 29.3 Å². The number of hydrogen-bond acceptors (Lipinski definition) is 3. The van der Waals surface area contributed by atoms with Crippen LogP contribution in [0, 0.1) is 11.3 Å². The van der Waals surface area contributed by atoms with E-state index >= 15 is 0 Å². The van der Waals surface area contributed by atoms with E-state index in [-0.39, 0.29) is 0 Å². The zero-order valence-electron chi connectivity index (χ0n) is 9.37. The molecule has 0 amide bonds. The molecule has 0 spiro atoms. The standard InChI is InChI=1S/C12H16N2O/c1-9(8-14-2)10-4-5-12(15-3)11(6-10)7-13/h4-6,9,14H,8H2,1-3H3. The molecule has 0 aromatic heterocycles. The van der Waals surface area contributed by atoms with Crippen molar-refractivity contribution in [3.63, 3.8) is 0 Å². The molecule has 0 saturated carbocycles. The van der Waals surface area contributed by atoms with Crippen LogP contribution >= 0.6 is 0 Å². The van der Waals surface area contributed by atoms with E-state index in [0.29, 0.717) is 17.2 Å². The van der Waals surface area contributed by atoms with Gasteiger partial charge in [-0.1, -0.05) is 13.0 Å². The third-order valence-corrected chi connectivity index (χ3v) is 2.42. The van der Waals surface area contributed by atoms with Crippen LogP contribution in [-0.4, -0.2) is 20.7 Å². The fourth-order valence-corrected chi connectivity index (χ4v) is 1.54. The van der Waals surface area contributed by atoms with Crippen LogP contribution < -0.4 is 10.1 Å². The summed E-state index contributed by atoms with van der Waals surface area (Å²) in [5.41, 5.74) is 1.75. The monoisotopic (exact) mass is 204 g/mol. The summed E-state index contributed by atoms with van der Waals surface area (Å²) in [5, 5.41) is 12.1. The Hall–Kier alpha value is -1.53. The molecular weight excluding hydrogens is 188 g/mol. The van der Waals surface area contributed by atoms with Crippen LogP contribution in [-0.2, 0) is 0 Å². The molecule has 1 rings (SSSR count). The molecule has 1 atom stereocenters. The largest absolute Gasteiger partial charge is 0.495 e. The first-order chi connectivity index (χ1) is 7.22. The van der Waals surface area contributed by atoms with E-state index < -0.39 is 0 Å². The first-order valence-corrected chi connectivity index (χ1v) is 4.95. The lowest BCUT2D eigenvalue weighted by molar-refractivity contribution is 0.413. The minimum Gasteiger partial charge on any atom is -0.495 e. The molecule has 0 radical (unpaired) electrons. The van der Waals surface area contributed by atoms with Gasteiger partial charge in [0, 0.05) is 6.54 Å². The number of hydrogen-bond donors (Lipinski definition) is 1. The Kier molecular flexibility index (Phi) is 4.14. The normalized spacial score (nSPS) is 11.9. The van der Waals surface area contributed by atoms with Crippen molar-refractivity contribution in [1.29, 1.82) is 5.26 Å². The van der Waals surface area contributed by atoms with Crippen LogP contribution in [0.3, 0.4) is 0 Å². The summed E-state index contributed by atoms with van der Waals surface area (Å²) in [5.74, 6) is 1.03. The van der Waals surface area contributed by atoms with Crippen molar-refractivity contribution in [2.75, 3.05) is 20.7 Å². The highest BCUT2D eigenvalue weighted by Gasteiger charge is 2.08. The van der Waals surface area contributed by atoms with E-state index in [1.807, 2.05) is 25.2 Å². The molecular formula is C12H16N2O. The van der Waals surface area contributed by atoms with E-state index in [0.717, 1.165) is 12.1 Å². The molecule has 15 heavy (non-hydrogen) atoms. The van der Waals surface area contributed by atoms with Gasteiger partial charge < -0.3 is 10.1 Å². The Morgan fingerprint density at radius 2 is 2.27 bits per heavy atom. The lowest BCUT2D eigenvalue weighted by Crippen LogP contribution is -2.14. The van der Waals surface area contributed by atoms with Crippen molar-refractivity contribution in [2.45, 2.75) is 12.8 Å². The summed E-state index contributed by atoms with van der Waals surface area (Å²) in [6.07, 6.45) is 0. The zero-order valence-corrected chi connectivity index (χ0v) is 9.37. The summed E-state index contributed by atoms with van der Waals surface area (Å²) in [6, 6.07) is 7.88. The fourth-order valence-electron chi connectivity index (χ4n) is 1.54. The number of ether oxygens (including phenoxy) is 1. The van der Waals surface area contributed by atoms with E-state index in [4.69, 9.17) is 10.00 Å².